The molecule has 92 valence electrons. The van der Waals surface area contributed by atoms with Crippen molar-refractivity contribution < 1.29 is 107 Å². The van der Waals surface area contributed by atoms with Gasteiger partial charge in [0, 0.05) is 0 Å². The van der Waals surface area contributed by atoms with Crippen LogP contribution in [-0.2, 0) is 19.5 Å². The Hall–Kier alpha value is 1.50. The molecule has 0 aliphatic carbocycles. The maximum Gasteiger partial charge on any atom is 4.00 e. The van der Waals surface area contributed by atoms with Gasteiger partial charge in [-0.3, -0.25) is 0 Å². The van der Waals surface area contributed by atoms with Crippen molar-refractivity contribution in [3.05, 3.63) is 0 Å². The third-order valence-corrected chi connectivity index (χ3v) is 0. The standard InChI is InChI=1S/4ClH.7H2O.Ru/h4*1H;7*1H2;/q;;;;;;;;;;;+4/p-4. The third kappa shape index (κ3) is 561. The van der Waals surface area contributed by atoms with E-state index in [1.165, 1.54) is 0 Å². The molecule has 0 saturated heterocycles. The Morgan fingerprint density at radius 1 is 0.250 bits per heavy atom. The van der Waals surface area contributed by atoms with Crippen LogP contribution in [0.1, 0.15) is 0 Å². The molecule has 0 rings (SSSR count). The van der Waals surface area contributed by atoms with Crippen LogP contribution in [0.2, 0.25) is 0 Å². The minimum Gasteiger partial charge on any atom is -1.00 e. The van der Waals surface area contributed by atoms with Gasteiger partial charge in [0.1, 0.15) is 0 Å². The molecule has 0 aliphatic rings. The third-order valence-electron chi connectivity index (χ3n) is 0. The van der Waals surface area contributed by atoms with Gasteiger partial charge in [-0.05, 0) is 0 Å². The first-order valence-corrected chi connectivity index (χ1v) is 0. The van der Waals surface area contributed by atoms with E-state index in [2.05, 4.69) is 0 Å². The zero-order valence-corrected chi connectivity index (χ0v) is 10.1. The van der Waals surface area contributed by atoms with Crippen molar-refractivity contribution in [1.29, 1.82) is 0 Å². The van der Waals surface area contributed by atoms with Gasteiger partial charge in [-0.1, -0.05) is 0 Å². The summed E-state index contributed by atoms with van der Waals surface area (Å²) in [5, 5.41) is 0. The summed E-state index contributed by atoms with van der Waals surface area (Å²) >= 11 is 0. The molecule has 0 bridgehead atoms. The van der Waals surface area contributed by atoms with E-state index in [0.717, 1.165) is 0 Å². The average molecular weight is 369 g/mol. The first-order chi connectivity index (χ1) is 0. The Kier molecular flexibility index (Phi) is 57000. The molecule has 0 aromatic heterocycles. The Labute approximate surface area is 107 Å². The number of rotatable bonds is 0. The summed E-state index contributed by atoms with van der Waals surface area (Å²) in [4.78, 5) is 0. The van der Waals surface area contributed by atoms with Gasteiger partial charge in [-0.2, -0.15) is 0 Å². The number of hydrogen-bond donors (Lipinski definition) is 0. The fourth-order valence-electron chi connectivity index (χ4n) is 0. The fraction of sp³-hybridized carbons (Fsp3) is 0. The van der Waals surface area contributed by atoms with Crippen molar-refractivity contribution in [3.63, 3.8) is 0 Å². The number of hydrogen-bond acceptors (Lipinski definition) is 0. The molecule has 7 nitrogen and oxygen atoms in total. The van der Waals surface area contributed by atoms with E-state index in [4.69, 9.17) is 0 Å². The molecule has 0 aliphatic heterocycles. The van der Waals surface area contributed by atoms with Crippen LogP contribution in [0.25, 0.3) is 0 Å². The topological polar surface area (TPSA) is 220 Å². The van der Waals surface area contributed by atoms with Crippen molar-refractivity contribution >= 4 is 0 Å². The Balaban J connectivity index is 0. The largest absolute Gasteiger partial charge is 4.00 e. The molecular weight excluding hydrogens is 355 g/mol. The van der Waals surface area contributed by atoms with Crippen LogP contribution in [0.5, 0.6) is 0 Å². The maximum absolute atomic E-state index is 0. The van der Waals surface area contributed by atoms with Gasteiger partial charge in [-0.25, -0.2) is 0 Å². The molecular formula is H14Cl4O7Ru. The van der Waals surface area contributed by atoms with Crippen LogP contribution >= 0.6 is 0 Å². The van der Waals surface area contributed by atoms with Gasteiger partial charge in [0.15, 0.2) is 0 Å². The van der Waals surface area contributed by atoms with E-state index in [-0.39, 0.29) is 107 Å². The average Bonchev–Trinajstić information content (AvgIpc) is 0. The van der Waals surface area contributed by atoms with Gasteiger partial charge in [-0.15, -0.1) is 0 Å². The van der Waals surface area contributed by atoms with E-state index in [9.17, 15) is 0 Å². The summed E-state index contributed by atoms with van der Waals surface area (Å²) in [6.07, 6.45) is 0. The van der Waals surface area contributed by atoms with E-state index in [1.54, 1.807) is 0 Å². The summed E-state index contributed by atoms with van der Waals surface area (Å²) in [6, 6.07) is 0. The molecule has 0 unspecified atom stereocenters. The smallest absolute Gasteiger partial charge is 1.00 e. The minimum absolute atomic E-state index is 0. The second-order valence-corrected chi connectivity index (χ2v) is 0. The SMILES string of the molecule is O.O.O.O.O.O.O.[Cl-].[Cl-].[Cl-].[Cl-].[Ru+4]. The summed E-state index contributed by atoms with van der Waals surface area (Å²) < 4.78 is 0. The Morgan fingerprint density at radius 2 is 0.250 bits per heavy atom. The molecule has 0 atom stereocenters. The van der Waals surface area contributed by atoms with E-state index in [0.29, 0.717) is 0 Å². The molecule has 0 aromatic rings. The quantitative estimate of drug-likeness (QED) is 0.363. The molecule has 0 amide bonds. The zero-order chi connectivity index (χ0) is 0. The van der Waals surface area contributed by atoms with Crippen LogP contribution in [0.4, 0.5) is 0 Å². The fourth-order valence-corrected chi connectivity index (χ4v) is 0. The normalized spacial score (nSPS) is 0. The Bertz CT molecular complexity index is 15.4. The van der Waals surface area contributed by atoms with E-state index < -0.39 is 0 Å². The summed E-state index contributed by atoms with van der Waals surface area (Å²) in [5.74, 6) is 0. The second-order valence-electron chi connectivity index (χ2n) is 0. The van der Waals surface area contributed by atoms with Crippen LogP contribution < -0.4 is 49.6 Å². The summed E-state index contributed by atoms with van der Waals surface area (Å²) in [6.45, 7) is 0. The van der Waals surface area contributed by atoms with Crippen LogP contribution in [0, 0.1) is 0 Å². The van der Waals surface area contributed by atoms with Gasteiger partial charge >= 0.3 is 19.5 Å². The van der Waals surface area contributed by atoms with E-state index in [1.807, 2.05) is 0 Å². The van der Waals surface area contributed by atoms with Crippen molar-refractivity contribution in [2.75, 3.05) is 0 Å². The first-order valence-electron chi connectivity index (χ1n) is 0. The Morgan fingerprint density at radius 3 is 0.250 bits per heavy atom. The van der Waals surface area contributed by atoms with Gasteiger partial charge in [0.2, 0.25) is 0 Å². The first kappa shape index (κ1) is 934. The van der Waals surface area contributed by atoms with E-state index >= 15 is 0 Å². The molecule has 12 heteroatoms. The van der Waals surface area contributed by atoms with Gasteiger partial charge in [0.05, 0.1) is 0 Å². The zero-order valence-electron chi connectivity index (χ0n) is 5.37. The molecule has 0 saturated carbocycles. The van der Waals surface area contributed by atoms with Crippen molar-refractivity contribution in [3.8, 4) is 0 Å². The van der Waals surface area contributed by atoms with Crippen molar-refractivity contribution in [2.45, 2.75) is 0 Å². The molecule has 12 heavy (non-hydrogen) atoms. The molecule has 0 spiro atoms. The van der Waals surface area contributed by atoms with Crippen LogP contribution in [0.15, 0.2) is 0 Å². The predicted octanol–water partition coefficient (Wildman–Crippen LogP) is -17.8. The molecule has 0 radical (unpaired) electrons. The monoisotopic (exact) mass is 368 g/mol. The van der Waals surface area contributed by atoms with Gasteiger partial charge < -0.3 is 88.0 Å². The van der Waals surface area contributed by atoms with Crippen LogP contribution in [0.3, 0.4) is 0 Å². The van der Waals surface area contributed by atoms with Crippen molar-refractivity contribution in [2.24, 2.45) is 0 Å². The molecule has 0 heterocycles. The maximum atomic E-state index is 0. The number of halogens is 4. The molecule has 0 fully saturated rings. The van der Waals surface area contributed by atoms with Crippen molar-refractivity contribution in [1.82, 2.24) is 0 Å². The second kappa shape index (κ2) is 732. The minimum atomic E-state index is 0. The molecule has 14 N–H and O–H groups in total. The predicted molar refractivity (Wildman–Crippen MR) is 25.3 cm³/mol. The van der Waals surface area contributed by atoms with Crippen LogP contribution in [-0.4, -0.2) is 38.3 Å². The summed E-state index contributed by atoms with van der Waals surface area (Å²) in [7, 11) is 0. The summed E-state index contributed by atoms with van der Waals surface area (Å²) in [5.41, 5.74) is 0. The van der Waals surface area contributed by atoms with Gasteiger partial charge in [0.25, 0.3) is 0 Å². The molecule has 0 aromatic carbocycles.